The molecule has 1 saturated heterocycles. The molecule has 0 bridgehead atoms. The van der Waals surface area contributed by atoms with Crippen LogP contribution in [0.2, 0.25) is 0 Å². The molecule has 0 spiro atoms. The van der Waals surface area contributed by atoms with Gasteiger partial charge in [-0.3, -0.25) is 14.7 Å². The van der Waals surface area contributed by atoms with Crippen molar-refractivity contribution in [1.82, 2.24) is 20.4 Å². The summed E-state index contributed by atoms with van der Waals surface area (Å²) in [6.45, 7) is 8.65. The molecule has 1 amide bonds. The molecule has 0 unspecified atom stereocenters. The number of aliphatic imine (C=N–C) groups is 1. The van der Waals surface area contributed by atoms with E-state index in [1.165, 1.54) is 0 Å². The van der Waals surface area contributed by atoms with Gasteiger partial charge in [0.2, 0.25) is 11.7 Å². The van der Waals surface area contributed by atoms with Crippen LogP contribution < -0.4 is 24.8 Å². The van der Waals surface area contributed by atoms with Gasteiger partial charge in [-0.05, 0) is 31.5 Å². The number of ether oxygens (including phenoxy) is 3. The predicted octanol–water partition coefficient (Wildman–Crippen LogP) is 1.80. The first-order valence-corrected chi connectivity index (χ1v) is 10.5. The van der Waals surface area contributed by atoms with Crippen molar-refractivity contribution in [3.63, 3.8) is 0 Å². The molecule has 9 nitrogen and oxygen atoms in total. The van der Waals surface area contributed by atoms with E-state index in [1.54, 1.807) is 35.4 Å². The van der Waals surface area contributed by atoms with Crippen molar-refractivity contribution < 1.29 is 19.0 Å². The minimum atomic E-state index is -0.515. The monoisotopic (exact) mass is 563 g/mol. The van der Waals surface area contributed by atoms with Crippen molar-refractivity contribution in [1.29, 1.82) is 0 Å². The Morgan fingerprint density at radius 3 is 2.06 bits per heavy atom. The molecular formula is C22H38IN5O4. The largest absolute Gasteiger partial charge is 0.493 e. The smallest absolute Gasteiger partial charge is 0.227 e. The number of carbonyl (C=O) groups is 1. The normalized spacial score (nSPS) is 15.0. The molecule has 1 heterocycles. The van der Waals surface area contributed by atoms with Crippen molar-refractivity contribution >= 4 is 35.8 Å². The van der Waals surface area contributed by atoms with E-state index < -0.39 is 5.41 Å². The Balaban J connectivity index is 0.00000512. The second kappa shape index (κ2) is 12.9. The van der Waals surface area contributed by atoms with Crippen molar-refractivity contribution in [2.24, 2.45) is 10.4 Å². The van der Waals surface area contributed by atoms with E-state index >= 15 is 0 Å². The third-order valence-corrected chi connectivity index (χ3v) is 5.54. The number of piperazine rings is 1. The Bertz CT molecular complexity index is 755. The highest BCUT2D eigenvalue weighted by Crippen LogP contribution is 2.38. The van der Waals surface area contributed by atoms with Gasteiger partial charge in [-0.1, -0.05) is 0 Å². The topological polar surface area (TPSA) is 87.7 Å². The summed E-state index contributed by atoms with van der Waals surface area (Å²) in [5.41, 5.74) is 0.594. The second-order valence-corrected chi connectivity index (χ2v) is 8.16. The van der Waals surface area contributed by atoms with Gasteiger partial charge in [-0.25, -0.2) is 0 Å². The minimum absolute atomic E-state index is 0. The van der Waals surface area contributed by atoms with E-state index in [2.05, 4.69) is 25.4 Å². The molecule has 1 aliphatic heterocycles. The zero-order valence-corrected chi connectivity index (χ0v) is 22.6. The van der Waals surface area contributed by atoms with E-state index in [-0.39, 0.29) is 29.9 Å². The fourth-order valence-electron chi connectivity index (χ4n) is 3.65. The number of hydrogen-bond donors (Lipinski definition) is 2. The molecule has 10 heteroatoms. The summed E-state index contributed by atoms with van der Waals surface area (Å²) in [5.74, 6) is 2.76. The van der Waals surface area contributed by atoms with E-state index in [4.69, 9.17) is 14.2 Å². The maximum atomic E-state index is 12.0. The number of halogens is 1. The van der Waals surface area contributed by atoms with Gasteiger partial charge in [-0.2, -0.15) is 0 Å². The number of carbonyl (C=O) groups excluding carboxylic acids is 1. The van der Waals surface area contributed by atoms with Gasteiger partial charge in [-0.15, -0.1) is 24.0 Å². The third-order valence-electron chi connectivity index (χ3n) is 5.54. The summed E-state index contributed by atoms with van der Waals surface area (Å²) >= 11 is 0. The van der Waals surface area contributed by atoms with Crippen LogP contribution in [0.5, 0.6) is 17.2 Å². The fourth-order valence-corrected chi connectivity index (χ4v) is 3.65. The Kier molecular flexibility index (Phi) is 11.3. The van der Waals surface area contributed by atoms with Crippen molar-refractivity contribution in [3.05, 3.63) is 17.7 Å². The third kappa shape index (κ3) is 7.03. The minimum Gasteiger partial charge on any atom is -0.493 e. The zero-order chi connectivity index (χ0) is 23.0. The average molecular weight is 563 g/mol. The number of hydrogen-bond acceptors (Lipinski definition) is 6. The lowest BCUT2D eigenvalue weighted by Gasteiger charge is -2.37. The quantitative estimate of drug-likeness (QED) is 0.284. The molecule has 0 atom stereocenters. The molecule has 182 valence electrons. The highest BCUT2D eigenvalue weighted by atomic mass is 127. The summed E-state index contributed by atoms with van der Waals surface area (Å²) in [6, 6.07) is 3.99. The number of nitrogens with zero attached hydrogens (tertiary/aromatic N) is 3. The van der Waals surface area contributed by atoms with Crippen LogP contribution in [-0.2, 0) is 11.3 Å². The van der Waals surface area contributed by atoms with E-state index in [0.717, 1.165) is 44.2 Å². The summed E-state index contributed by atoms with van der Waals surface area (Å²) in [6.07, 6.45) is 0. The number of methoxy groups -OCH3 is 3. The average Bonchev–Trinajstić information content (AvgIpc) is 2.78. The zero-order valence-electron chi connectivity index (χ0n) is 20.3. The Morgan fingerprint density at radius 2 is 1.62 bits per heavy atom. The van der Waals surface area contributed by atoms with Gasteiger partial charge >= 0.3 is 0 Å². The van der Waals surface area contributed by atoms with Crippen molar-refractivity contribution in [2.75, 3.05) is 68.1 Å². The first kappa shape index (κ1) is 28.1. The number of rotatable bonds is 8. The van der Waals surface area contributed by atoms with Crippen LogP contribution in [0.4, 0.5) is 0 Å². The van der Waals surface area contributed by atoms with Gasteiger partial charge in [0.25, 0.3) is 0 Å². The molecule has 32 heavy (non-hydrogen) atoms. The molecule has 1 fully saturated rings. The molecule has 2 rings (SSSR count). The lowest BCUT2D eigenvalue weighted by Crippen LogP contribution is -2.54. The molecule has 2 N–H and O–H groups in total. The summed E-state index contributed by atoms with van der Waals surface area (Å²) < 4.78 is 16.3. The SMILES string of the molecule is CN=C(NCC(C)(C)C(=O)NC)N1CCN(Cc2cc(OC)c(OC)c(OC)c2)CC1.I. The molecular weight excluding hydrogens is 525 g/mol. The molecule has 0 aromatic heterocycles. The first-order chi connectivity index (χ1) is 14.8. The number of guanidine groups is 1. The lowest BCUT2D eigenvalue weighted by atomic mass is 9.92. The van der Waals surface area contributed by atoms with Crippen LogP contribution in [-0.4, -0.2) is 89.8 Å². The summed E-state index contributed by atoms with van der Waals surface area (Å²) in [7, 11) is 8.30. The van der Waals surface area contributed by atoms with Crippen LogP contribution in [0.25, 0.3) is 0 Å². The molecule has 1 aromatic carbocycles. The molecule has 0 aliphatic carbocycles. The Hall–Kier alpha value is -1.95. The van der Waals surface area contributed by atoms with Gasteiger partial charge < -0.3 is 29.7 Å². The van der Waals surface area contributed by atoms with Crippen LogP contribution in [0, 0.1) is 5.41 Å². The number of benzene rings is 1. The van der Waals surface area contributed by atoms with Gasteiger partial charge in [0.15, 0.2) is 17.5 Å². The maximum Gasteiger partial charge on any atom is 0.227 e. The number of amides is 1. The van der Waals surface area contributed by atoms with Crippen LogP contribution in [0.3, 0.4) is 0 Å². The summed E-state index contributed by atoms with van der Waals surface area (Å²) in [5, 5.41) is 6.07. The predicted molar refractivity (Wildman–Crippen MR) is 138 cm³/mol. The fraction of sp³-hybridized carbons (Fsp3) is 0.636. The summed E-state index contributed by atoms with van der Waals surface area (Å²) in [4.78, 5) is 21.0. The van der Waals surface area contributed by atoms with E-state index in [1.807, 2.05) is 26.0 Å². The van der Waals surface area contributed by atoms with Gasteiger partial charge in [0, 0.05) is 53.4 Å². The molecule has 0 radical (unpaired) electrons. The molecule has 1 aliphatic rings. The number of nitrogens with one attached hydrogen (secondary N) is 2. The first-order valence-electron chi connectivity index (χ1n) is 10.5. The van der Waals surface area contributed by atoms with E-state index in [0.29, 0.717) is 23.8 Å². The Labute approximate surface area is 208 Å². The molecule has 1 aromatic rings. The Morgan fingerprint density at radius 1 is 1.06 bits per heavy atom. The van der Waals surface area contributed by atoms with Crippen LogP contribution in [0.1, 0.15) is 19.4 Å². The highest BCUT2D eigenvalue weighted by Gasteiger charge is 2.28. The van der Waals surface area contributed by atoms with Crippen LogP contribution in [0.15, 0.2) is 17.1 Å². The van der Waals surface area contributed by atoms with Crippen molar-refractivity contribution in [3.8, 4) is 17.2 Å². The van der Waals surface area contributed by atoms with Crippen LogP contribution >= 0.6 is 24.0 Å². The lowest BCUT2D eigenvalue weighted by molar-refractivity contribution is -0.128. The van der Waals surface area contributed by atoms with Gasteiger partial charge in [0.1, 0.15) is 0 Å². The standard InChI is InChI=1S/C22H37N5O4.HI/c1-22(2,20(28)23-3)15-25-21(24-4)27-10-8-26(9-11-27)14-16-12-17(29-5)19(31-7)18(13-16)30-6;/h12-13H,8-11,14-15H2,1-7H3,(H,23,28)(H,24,25);1H. The maximum absolute atomic E-state index is 12.0. The molecule has 0 saturated carbocycles. The van der Waals surface area contributed by atoms with Gasteiger partial charge in [0.05, 0.1) is 26.7 Å². The van der Waals surface area contributed by atoms with E-state index in [9.17, 15) is 4.79 Å². The second-order valence-electron chi connectivity index (χ2n) is 8.16. The van der Waals surface area contributed by atoms with Crippen molar-refractivity contribution in [2.45, 2.75) is 20.4 Å². The highest BCUT2D eigenvalue weighted by molar-refractivity contribution is 14.0.